The highest BCUT2D eigenvalue weighted by atomic mass is 19.1. The third kappa shape index (κ3) is 3.63. The predicted octanol–water partition coefficient (Wildman–Crippen LogP) is 3.40. The van der Waals surface area contributed by atoms with Gasteiger partial charge in [-0.15, -0.1) is 0 Å². The van der Waals surface area contributed by atoms with Crippen LogP contribution in [0.15, 0.2) is 54.4 Å². The van der Waals surface area contributed by atoms with Gasteiger partial charge in [0.15, 0.2) is 0 Å². The van der Waals surface area contributed by atoms with Crippen molar-refractivity contribution in [3.05, 3.63) is 71.3 Å². The number of fused-ring (bicyclic) bond motifs is 1. The van der Waals surface area contributed by atoms with Gasteiger partial charge in [-0.2, -0.15) is 5.10 Å². The Balaban J connectivity index is 1.67. The summed E-state index contributed by atoms with van der Waals surface area (Å²) in [5, 5.41) is 10.9. The van der Waals surface area contributed by atoms with E-state index in [1.807, 2.05) is 26.1 Å². The molecular weight excluding hydrogens is 371 g/mol. The summed E-state index contributed by atoms with van der Waals surface area (Å²) in [4.78, 5) is 25.0. The van der Waals surface area contributed by atoms with Gasteiger partial charge in [-0.1, -0.05) is 19.1 Å². The molecule has 1 aliphatic heterocycles. The van der Waals surface area contributed by atoms with Gasteiger partial charge in [-0.25, -0.2) is 4.39 Å². The molecule has 2 N–H and O–H groups in total. The maximum absolute atomic E-state index is 13.3. The zero-order valence-electron chi connectivity index (χ0n) is 16.2. The van der Waals surface area contributed by atoms with Crippen LogP contribution in [0.2, 0.25) is 0 Å². The number of halogens is 1. The van der Waals surface area contributed by atoms with Gasteiger partial charge in [0.25, 0.3) is 5.91 Å². The molecule has 1 unspecified atom stereocenters. The average molecular weight is 392 g/mol. The number of nitrogens with one attached hydrogen (secondary N) is 2. The SMILES string of the molecule is CCc1cc2cnn(C)c2cc1NC(=O)C1=CNC(=O)CC1c1ccc(F)cc1. The fourth-order valence-corrected chi connectivity index (χ4v) is 3.68. The second-order valence-electron chi connectivity index (χ2n) is 7.12. The standard InChI is InChI=1S/C22H21FN4O2/c1-3-13-8-15-11-25-27(2)20(15)10-19(13)26-22(29)18-12-24-21(28)9-17(18)14-4-6-16(23)7-5-14/h4-8,10-12,17H,3,9H2,1-2H3,(H,24,28)(H,26,29). The van der Waals surface area contributed by atoms with E-state index in [1.54, 1.807) is 23.0 Å². The van der Waals surface area contributed by atoms with Crippen molar-refractivity contribution in [3.63, 3.8) is 0 Å². The van der Waals surface area contributed by atoms with Crippen LogP contribution < -0.4 is 10.6 Å². The molecule has 0 bridgehead atoms. The van der Waals surface area contributed by atoms with E-state index >= 15 is 0 Å². The van der Waals surface area contributed by atoms with Crippen LogP contribution in [0.25, 0.3) is 10.9 Å². The molecule has 1 atom stereocenters. The number of carbonyl (C=O) groups excluding carboxylic acids is 2. The Kier molecular flexibility index (Phi) is 4.88. The molecule has 0 radical (unpaired) electrons. The van der Waals surface area contributed by atoms with Crippen LogP contribution in [0.4, 0.5) is 10.1 Å². The highest BCUT2D eigenvalue weighted by molar-refractivity contribution is 6.07. The summed E-state index contributed by atoms with van der Waals surface area (Å²) >= 11 is 0. The minimum atomic E-state index is -0.435. The first-order valence-corrected chi connectivity index (χ1v) is 9.47. The number of benzene rings is 2. The van der Waals surface area contributed by atoms with Gasteiger partial charge in [0, 0.05) is 42.2 Å². The van der Waals surface area contributed by atoms with Crippen molar-refractivity contribution < 1.29 is 14.0 Å². The zero-order chi connectivity index (χ0) is 20.5. The number of anilines is 1. The van der Waals surface area contributed by atoms with E-state index < -0.39 is 5.92 Å². The van der Waals surface area contributed by atoms with Gasteiger partial charge < -0.3 is 10.6 Å². The van der Waals surface area contributed by atoms with E-state index in [0.29, 0.717) is 11.3 Å². The van der Waals surface area contributed by atoms with Crippen molar-refractivity contribution in [2.75, 3.05) is 5.32 Å². The predicted molar refractivity (Wildman–Crippen MR) is 109 cm³/mol. The molecule has 0 saturated carbocycles. The van der Waals surface area contributed by atoms with Crippen LogP contribution in [0.3, 0.4) is 0 Å². The van der Waals surface area contributed by atoms with E-state index in [-0.39, 0.29) is 24.1 Å². The monoisotopic (exact) mass is 392 g/mol. The van der Waals surface area contributed by atoms with E-state index in [9.17, 15) is 14.0 Å². The van der Waals surface area contributed by atoms with E-state index in [2.05, 4.69) is 15.7 Å². The average Bonchev–Trinajstić information content (AvgIpc) is 3.07. The Morgan fingerprint density at radius 1 is 1.31 bits per heavy atom. The lowest BCUT2D eigenvalue weighted by molar-refractivity contribution is -0.121. The first-order valence-electron chi connectivity index (χ1n) is 9.47. The number of carbonyl (C=O) groups is 2. The molecule has 7 heteroatoms. The molecular formula is C22H21FN4O2. The Morgan fingerprint density at radius 3 is 2.79 bits per heavy atom. The maximum Gasteiger partial charge on any atom is 0.253 e. The normalized spacial score (nSPS) is 16.4. The van der Waals surface area contributed by atoms with Gasteiger partial charge in [0.05, 0.1) is 11.7 Å². The molecule has 0 fully saturated rings. The minimum Gasteiger partial charge on any atom is -0.332 e. The van der Waals surface area contributed by atoms with E-state index in [1.165, 1.54) is 18.3 Å². The van der Waals surface area contributed by atoms with Crippen molar-refractivity contribution in [1.29, 1.82) is 0 Å². The third-order valence-electron chi connectivity index (χ3n) is 5.29. The lowest BCUT2D eigenvalue weighted by Crippen LogP contribution is -2.32. The fourth-order valence-electron chi connectivity index (χ4n) is 3.68. The quantitative estimate of drug-likeness (QED) is 0.715. The van der Waals surface area contributed by atoms with Crippen molar-refractivity contribution in [3.8, 4) is 0 Å². The number of aryl methyl sites for hydroxylation is 2. The fraction of sp³-hybridized carbons (Fsp3) is 0.227. The molecule has 0 spiro atoms. The lowest BCUT2D eigenvalue weighted by atomic mass is 9.86. The highest BCUT2D eigenvalue weighted by Crippen LogP contribution is 2.32. The second-order valence-corrected chi connectivity index (χ2v) is 7.12. The van der Waals surface area contributed by atoms with Gasteiger partial charge in [-0.05, 0) is 41.8 Å². The molecule has 1 aromatic heterocycles. The molecule has 6 nitrogen and oxygen atoms in total. The summed E-state index contributed by atoms with van der Waals surface area (Å²) in [6, 6.07) is 9.82. The number of amides is 2. The summed E-state index contributed by atoms with van der Waals surface area (Å²) in [5.74, 6) is -1.27. The molecule has 2 heterocycles. The molecule has 2 amide bonds. The van der Waals surface area contributed by atoms with Crippen LogP contribution in [0.5, 0.6) is 0 Å². The van der Waals surface area contributed by atoms with Crippen molar-refractivity contribution in [1.82, 2.24) is 15.1 Å². The first-order chi connectivity index (χ1) is 14.0. The first kappa shape index (κ1) is 18.9. The Hall–Kier alpha value is -3.48. The number of rotatable bonds is 4. The van der Waals surface area contributed by atoms with Gasteiger partial charge >= 0.3 is 0 Å². The number of hydrogen-bond donors (Lipinski definition) is 2. The van der Waals surface area contributed by atoms with Crippen LogP contribution in [-0.4, -0.2) is 21.6 Å². The maximum atomic E-state index is 13.3. The molecule has 2 aromatic carbocycles. The van der Waals surface area contributed by atoms with Crippen molar-refractivity contribution in [2.24, 2.45) is 7.05 Å². The van der Waals surface area contributed by atoms with Crippen LogP contribution in [0, 0.1) is 5.82 Å². The third-order valence-corrected chi connectivity index (χ3v) is 5.29. The molecule has 4 rings (SSSR count). The van der Waals surface area contributed by atoms with Crippen molar-refractivity contribution in [2.45, 2.75) is 25.7 Å². The zero-order valence-corrected chi connectivity index (χ0v) is 16.2. The van der Waals surface area contributed by atoms with Crippen molar-refractivity contribution >= 4 is 28.4 Å². The summed E-state index contributed by atoms with van der Waals surface area (Å²) in [6.45, 7) is 2.02. The van der Waals surface area contributed by atoms with Gasteiger partial charge in [0.1, 0.15) is 5.82 Å². The van der Waals surface area contributed by atoms with Crippen LogP contribution in [-0.2, 0) is 23.1 Å². The Labute approximate surface area is 167 Å². The number of aromatic nitrogens is 2. The summed E-state index contributed by atoms with van der Waals surface area (Å²) in [6.07, 6.45) is 4.12. The summed E-state index contributed by atoms with van der Waals surface area (Å²) in [5.41, 5.74) is 3.78. The minimum absolute atomic E-state index is 0.131. The molecule has 148 valence electrons. The van der Waals surface area contributed by atoms with Gasteiger partial charge in [0.2, 0.25) is 5.91 Å². The number of nitrogens with zero attached hydrogens (tertiary/aromatic N) is 2. The molecule has 3 aromatic rings. The summed E-state index contributed by atoms with van der Waals surface area (Å²) < 4.78 is 15.1. The molecule has 0 aliphatic carbocycles. The van der Waals surface area contributed by atoms with E-state index in [4.69, 9.17) is 0 Å². The Morgan fingerprint density at radius 2 is 2.07 bits per heavy atom. The van der Waals surface area contributed by atoms with E-state index in [0.717, 1.165) is 28.5 Å². The van der Waals surface area contributed by atoms with Crippen LogP contribution >= 0.6 is 0 Å². The van der Waals surface area contributed by atoms with Gasteiger partial charge in [-0.3, -0.25) is 14.3 Å². The highest BCUT2D eigenvalue weighted by Gasteiger charge is 2.29. The summed E-state index contributed by atoms with van der Waals surface area (Å²) in [7, 11) is 1.85. The largest absolute Gasteiger partial charge is 0.332 e. The second kappa shape index (κ2) is 7.50. The number of hydrogen-bond acceptors (Lipinski definition) is 3. The molecule has 29 heavy (non-hydrogen) atoms. The smallest absolute Gasteiger partial charge is 0.253 e. The molecule has 0 saturated heterocycles. The topological polar surface area (TPSA) is 76.0 Å². The van der Waals surface area contributed by atoms with Crippen LogP contribution in [0.1, 0.15) is 30.4 Å². The molecule has 1 aliphatic rings. The lowest BCUT2D eigenvalue weighted by Gasteiger charge is -2.24. The Bertz CT molecular complexity index is 1130.